The number of aryl methyl sites for hydroxylation is 1. The maximum absolute atomic E-state index is 11.5. The number of thiazole rings is 1. The van der Waals surface area contributed by atoms with Gasteiger partial charge in [0.05, 0.1) is 10.7 Å². The number of ether oxygens (including phenoxy) is 1. The Bertz CT molecular complexity index is 593. The van der Waals surface area contributed by atoms with Crippen molar-refractivity contribution in [1.29, 1.82) is 0 Å². The molecule has 0 unspecified atom stereocenters. The standard InChI is InChI=1S/C13H11ClN2O2S/c1-9-16-11(8-19-9)3-5-13(17)18-7-10-2-4-12(14)15-6-10/h2-6,8H,7H2,1H3/b5-3+. The van der Waals surface area contributed by atoms with Gasteiger partial charge in [-0.25, -0.2) is 14.8 Å². The molecule has 6 heteroatoms. The number of halogens is 1. The van der Waals surface area contributed by atoms with E-state index in [0.29, 0.717) is 5.15 Å². The highest BCUT2D eigenvalue weighted by Gasteiger charge is 2.00. The number of aromatic nitrogens is 2. The van der Waals surface area contributed by atoms with E-state index in [2.05, 4.69) is 9.97 Å². The van der Waals surface area contributed by atoms with Gasteiger partial charge in [-0.2, -0.15) is 0 Å². The molecule has 2 rings (SSSR count). The van der Waals surface area contributed by atoms with E-state index in [9.17, 15) is 4.79 Å². The highest BCUT2D eigenvalue weighted by molar-refractivity contribution is 7.09. The Hall–Kier alpha value is -1.72. The molecule has 2 aromatic heterocycles. The first-order valence-corrected chi connectivity index (χ1v) is 6.76. The molecule has 98 valence electrons. The first-order valence-electron chi connectivity index (χ1n) is 5.51. The summed E-state index contributed by atoms with van der Waals surface area (Å²) >= 11 is 7.19. The molecule has 19 heavy (non-hydrogen) atoms. The van der Waals surface area contributed by atoms with Gasteiger partial charge in [0, 0.05) is 23.2 Å². The van der Waals surface area contributed by atoms with Crippen LogP contribution in [-0.2, 0) is 16.1 Å². The van der Waals surface area contributed by atoms with Crippen LogP contribution in [0.15, 0.2) is 29.8 Å². The van der Waals surface area contributed by atoms with Crippen LogP contribution in [0, 0.1) is 6.92 Å². The SMILES string of the molecule is Cc1nc(/C=C/C(=O)OCc2ccc(Cl)nc2)cs1. The second-order valence-electron chi connectivity index (χ2n) is 3.72. The monoisotopic (exact) mass is 294 g/mol. The van der Waals surface area contributed by atoms with Gasteiger partial charge < -0.3 is 4.74 Å². The average Bonchev–Trinajstić information content (AvgIpc) is 2.81. The molecule has 2 aromatic rings. The van der Waals surface area contributed by atoms with Crippen molar-refractivity contribution >= 4 is 35.0 Å². The molecule has 0 aliphatic carbocycles. The lowest BCUT2D eigenvalue weighted by atomic mass is 10.3. The molecule has 0 radical (unpaired) electrons. The number of rotatable bonds is 4. The highest BCUT2D eigenvalue weighted by Crippen LogP contribution is 2.10. The number of pyridine rings is 1. The quantitative estimate of drug-likeness (QED) is 0.493. The minimum Gasteiger partial charge on any atom is -0.458 e. The van der Waals surface area contributed by atoms with Crippen LogP contribution in [0.3, 0.4) is 0 Å². The predicted octanol–water partition coefficient (Wildman–Crippen LogP) is 3.26. The van der Waals surface area contributed by atoms with Crippen LogP contribution in [-0.4, -0.2) is 15.9 Å². The van der Waals surface area contributed by atoms with Crippen LogP contribution in [0.25, 0.3) is 6.08 Å². The van der Waals surface area contributed by atoms with Gasteiger partial charge in [-0.3, -0.25) is 0 Å². The van der Waals surface area contributed by atoms with Crippen molar-refractivity contribution in [2.24, 2.45) is 0 Å². The Labute approximate surface area is 119 Å². The normalized spacial score (nSPS) is 10.8. The van der Waals surface area contributed by atoms with Crippen LogP contribution in [0.5, 0.6) is 0 Å². The fraction of sp³-hybridized carbons (Fsp3) is 0.154. The zero-order chi connectivity index (χ0) is 13.7. The largest absolute Gasteiger partial charge is 0.458 e. The lowest BCUT2D eigenvalue weighted by molar-refractivity contribution is -0.138. The number of hydrogen-bond donors (Lipinski definition) is 0. The van der Waals surface area contributed by atoms with Gasteiger partial charge in [0.2, 0.25) is 0 Å². The smallest absolute Gasteiger partial charge is 0.331 e. The van der Waals surface area contributed by atoms with E-state index in [4.69, 9.17) is 16.3 Å². The summed E-state index contributed by atoms with van der Waals surface area (Å²) in [6, 6.07) is 3.41. The molecule has 4 nitrogen and oxygen atoms in total. The van der Waals surface area contributed by atoms with Crippen molar-refractivity contribution in [3.05, 3.63) is 51.2 Å². The third-order valence-corrected chi connectivity index (χ3v) is 3.21. The molecule has 2 heterocycles. The molecule has 0 spiro atoms. The average molecular weight is 295 g/mol. The van der Waals surface area contributed by atoms with E-state index in [-0.39, 0.29) is 6.61 Å². The molecule has 0 bridgehead atoms. The fourth-order valence-electron chi connectivity index (χ4n) is 1.30. The number of hydrogen-bond acceptors (Lipinski definition) is 5. The maximum atomic E-state index is 11.5. The van der Waals surface area contributed by atoms with E-state index in [0.717, 1.165) is 16.3 Å². The number of esters is 1. The van der Waals surface area contributed by atoms with Crippen molar-refractivity contribution in [2.45, 2.75) is 13.5 Å². The Morgan fingerprint density at radius 2 is 2.37 bits per heavy atom. The van der Waals surface area contributed by atoms with Gasteiger partial charge >= 0.3 is 5.97 Å². The zero-order valence-electron chi connectivity index (χ0n) is 10.2. The van der Waals surface area contributed by atoms with E-state index in [1.54, 1.807) is 24.4 Å². The van der Waals surface area contributed by atoms with Gasteiger partial charge in [0.1, 0.15) is 11.8 Å². The summed E-state index contributed by atoms with van der Waals surface area (Å²) < 4.78 is 5.06. The summed E-state index contributed by atoms with van der Waals surface area (Å²) in [6.07, 6.45) is 4.56. The van der Waals surface area contributed by atoms with Crippen molar-refractivity contribution in [3.63, 3.8) is 0 Å². The lowest BCUT2D eigenvalue weighted by Gasteiger charge is -2.01. The maximum Gasteiger partial charge on any atom is 0.331 e. The summed E-state index contributed by atoms with van der Waals surface area (Å²) in [7, 11) is 0. The van der Waals surface area contributed by atoms with Gasteiger partial charge in [-0.05, 0) is 19.1 Å². The minimum absolute atomic E-state index is 0.170. The predicted molar refractivity (Wildman–Crippen MR) is 74.9 cm³/mol. The molecular weight excluding hydrogens is 284 g/mol. The number of carbonyl (C=O) groups is 1. The van der Waals surface area contributed by atoms with E-state index < -0.39 is 5.97 Å². The number of nitrogens with zero attached hydrogens (tertiary/aromatic N) is 2. The fourth-order valence-corrected chi connectivity index (χ4v) is 2.00. The van der Waals surface area contributed by atoms with E-state index >= 15 is 0 Å². The van der Waals surface area contributed by atoms with Gasteiger partial charge in [0.15, 0.2) is 0 Å². The summed E-state index contributed by atoms with van der Waals surface area (Å²) in [4.78, 5) is 19.6. The van der Waals surface area contributed by atoms with Crippen molar-refractivity contribution < 1.29 is 9.53 Å². The molecule has 0 amide bonds. The second kappa shape index (κ2) is 6.45. The lowest BCUT2D eigenvalue weighted by Crippen LogP contribution is -2.00. The van der Waals surface area contributed by atoms with Gasteiger partial charge in [-0.1, -0.05) is 17.7 Å². The Morgan fingerprint density at radius 1 is 1.53 bits per heavy atom. The summed E-state index contributed by atoms with van der Waals surface area (Å²) in [5.41, 5.74) is 1.54. The van der Waals surface area contributed by atoms with Gasteiger partial charge in [0.25, 0.3) is 0 Å². The highest BCUT2D eigenvalue weighted by atomic mass is 35.5. The van der Waals surface area contributed by atoms with Crippen LogP contribution >= 0.6 is 22.9 Å². The molecule has 0 aromatic carbocycles. The molecule has 0 saturated heterocycles. The first kappa shape index (κ1) is 13.7. The minimum atomic E-state index is -0.416. The Kier molecular flexibility index (Phi) is 4.65. The van der Waals surface area contributed by atoms with Crippen molar-refractivity contribution in [3.8, 4) is 0 Å². The molecule has 0 saturated carbocycles. The first-order chi connectivity index (χ1) is 9.13. The molecule has 0 atom stereocenters. The van der Waals surface area contributed by atoms with Crippen LogP contribution in [0.4, 0.5) is 0 Å². The van der Waals surface area contributed by atoms with Crippen molar-refractivity contribution in [1.82, 2.24) is 9.97 Å². The molecule has 0 aliphatic heterocycles. The molecular formula is C13H11ClN2O2S. The molecule has 0 fully saturated rings. The van der Waals surface area contributed by atoms with Gasteiger partial charge in [-0.15, -0.1) is 11.3 Å². The topological polar surface area (TPSA) is 52.1 Å². The molecule has 0 aliphatic rings. The summed E-state index contributed by atoms with van der Waals surface area (Å²) in [5.74, 6) is -0.416. The third kappa shape index (κ3) is 4.46. The molecule has 0 N–H and O–H groups in total. The summed E-state index contributed by atoms with van der Waals surface area (Å²) in [5, 5.41) is 3.25. The van der Waals surface area contributed by atoms with Crippen molar-refractivity contribution in [2.75, 3.05) is 0 Å². The second-order valence-corrected chi connectivity index (χ2v) is 5.17. The summed E-state index contributed by atoms with van der Waals surface area (Å²) in [6.45, 7) is 2.08. The Balaban J connectivity index is 1.84. The van der Waals surface area contributed by atoms with E-state index in [1.807, 2.05) is 12.3 Å². The van der Waals surface area contributed by atoms with Crippen LogP contribution in [0.2, 0.25) is 5.15 Å². The Morgan fingerprint density at radius 3 is 3.00 bits per heavy atom. The van der Waals surface area contributed by atoms with Crippen LogP contribution in [0.1, 0.15) is 16.3 Å². The zero-order valence-corrected chi connectivity index (χ0v) is 11.7. The van der Waals surface area contributed by atoms with Crippen LogP contribution < -0.4 is 0 Å². The van der Waals surface area contributed by atoms with E-state index in [1.165, 1.54) is 17.4 Å². The number of carbonyl (C=O) groups excluding carboxylic acids is 1. The third-order valence-electron chi connectivity index (χ3n) is 2.20.